The van der Waals surface area contributed by atoms with Gasteiger partial charge in [-0.3, -0.25) is 4.79 Å². The largest absolute Gasteiger partial charge is 0.487 e. The van der Waals surface area contributed by atoms with Gasteiger partial charge in [0.15, 0.2) is 0 Å². The van der Waals surface area contributed by atoms with Crippen molar-refractivity contribution in [3.8, 4) is 5.75 Å². The summed E-state index contributed by atoms with van der Waals surface area (Å²) in [6.45, 7) is 5.90. The van der Waals surface area contributed by atoms with Gasteiger partial charge in [-0.2, -0.15) is 0 Å². The molecule has 3 aromatic rings. The van der Waals surface area contributed by atoms with Crippen LogP contribution in [0.3, 0.4) is 0 Å². The molecule has 0 atom stereocenters. The Morgan fingerprint density at radius 1 is 1.12 bits per heavy atom. The number of para-hydroxylation sites is 2. The Hall–Kier alpha value is -3.98. The SMILES string of the molecule is CCOC(=O)C1=C(C)Nc2ccccc2N=C1NC(=O)c1cccc(OCc2csc(C)n2)c1. The maximum atomic E-state index is 13.1. The summed E-state index contributed by atoms with van der Waals surface area (Å²) < 4.78 is 11.0. The fraction of sp³-hybridized carbons (Fsp3) is 0.200. The number of hydrogen-bond donors (Lipinski definition) is 2. The first-order valence-electron chi connectivity index (χ1n) is 10.7. The van der Waals surface area contributed by atoms with E-state index in [1.54, 1.807) is 55.5 Å². The second-order valence-corrected chi connectivity index (χ2v) is 8.51. The highest BCUT2D eigenvalue weighted by molar-refractivity contribution is 7.09. The molecular weight excluding hydrogens is 452 g/mol. The number of esters is 1. The number of hydrogen-bond acceptors (Lipinski definition) is 8. The predicted molar refractivity (Wildman–Crippen MR) is 132 cm³/mol. The molecule has 2 heterocycles. The Kier molecular flexibility index (Phi) is 7.03. The van der Waals surface area contributed by atoms with E-state index in [0.717, 1.165) is 16.4 Å². The molecule has 8 nitrogen and oxygen atoms in total. The maximum Gasteiger partial charge on any atom is 0.343 e. The monoisotopic (exact) mass is 476 g/mol. The second kappa shape index (κ2) is 10.3. The van der Waals surface area contributed by atoms with Crippen LogP contribution in [-0.2, 0) is 16.1 Å². The van der Waals surface area contributed by atoms with Crippen molar-refractivity contribution in [3.63, 3.8) is 0 Å². The summed E-state index contributed by atoms with van der Waals surface area (Å²) in [6.07, 6.45) is 0. The lowest BCUT2D eigenvalue weighted by Gasteiger charge is -2.13. The minimum atomic E-state index is -0.574. The summed E-state index contributed by atoms with van der Waals surface area (Å²) in [6, 6.07) is 14.1. The molecule has 1 aromatic heterocycles. The highest BCUT2D eigenvalue weighted by Gasteiger charge is 2.26. The topological polar surface area (TPSA) is 102 Å². The van der Waals surface area contributed by atoms with E-state index in [1.165, 1.54) is 0 Å². The summed E-state index contributed by atoms with van der Waals surface area (Å²) in [5.41, 5.74) is 3.19. The molecule has 0 bridgehead atoms. The number of amidine groups is 1. The smallest absolute Gasteiger partial charge is 0.343 e. The second-order valence-electron chi connectivity index (χ2n) is 7.45. The van der Waals surface area contributed by atoms with E-state index >= 15 is 0 Å². The van der Waals surface area contributed by atoms with E-state index in [0.29, 0.717) is 29.3 Å². The van der Waals surface area contributed by atoms with Crippen LogP contribution in [-0.4, -0.2) is 29.3 Å². The van der Waals surface area contributed by atoms with Crippen molar-refractivity contribution < 1.29 is 19.1 Å². The number of rotatable bonds is 6. The third kappa shape index (κ3) is 5.32. The molecule has 0 saturated carbocycles. The lowest BCUT2D eigenvalue weighted by molar-refractivity contribution is -0.137. The van der Waals surface area contributed by atoms with Crippen LogP contribution in [0.4, 0.5) is 11.4 Å². The summed E-state index contributed by atoms with van der Waals surface area (Å²) in [5, 5.41) is 8.88. The van der Waals surface area contributed by atoms with Crippen LogP contribution in [0.25, 0.3) is 0 Å². The summed E-state index contributed by atoms with van der Waals surface area (Å²) in [7, 11) is 0. The summed E-state index contributed by atoms with van der Waals surface area (Å²) >= 11 is 1.55. The third-order valence-corrected chi connectivity index (χ3v) is 5.75. The molecule has 1 aliphatic rings. The van der Waals surface area contributed by atoms with Gasteiger partial charge in [0.2, 0.25) is 0 Å². The molecule has 2 N–H and O–H groups in total. The van der Waals surface area contributed by atoms with E-state index < -0.39 is 11.9 Å². The molecule has 9 heteroatoms. The lowest BCUT2D eigenvalue weighted by Crippen LogP contribution is -2.35. The lowest BCUT2D eigenvalue weighted by atomic mass is 10.1. The van der Waals surface area contributed by atoms with Crippen molar-refractivity contribution in [1.29, 1.82) is 0 Å². The number of aryl methyl sites for hydroxylation is 1. The molecular formula is C25H24N4O4S. The number of aromatic nitrogens is 1. The normalized spacial score (nSPS) is 12.7. The van der Waals surface area contributed by atoms with Crippen LogP contribution in [0.1, 0.15) is 34.9 Å². The zero-order chi connectivity index (χ0) is 24.1. The zero-order valence-corrected chi connectivity index (χ0v) is 19.9. The molecule has 1 aliphatic heterocycles. The number of carbonyl (C=O) groups is 2. The fourth-order valence-corrected chi connectivity index (χ4v) is 3.97. The maximum absolute atomic E-state index is 13.1. The minimum Gasteiger partial charge on any atom is -0.487 e. The van der Waals surface area contributed by atoms with Gasteiger partial charge >= 0.3 is 5.97 Å². The van der Waals surface area contributed by atoms with Crippen LogP contribution < -0.4 is 15.4 Å². The van der Waals surface area contributed by atoms with Crippen molar-refractivity contribution in [2.75, 3.05) is 11.9 Å². The Morgan fingerprint density at radius 3 is 2.71 bits per heavy atom. The van der Waals surface area contributed by atoms with Gasteiger partial charge in [-0.25, -0.2) is 14.8 Å². The first-order chi connectivity index (χ1) is 16.4. The average Bonchev–Trinajstić information content (AvgIpc) is 3.18. The molecule has 1 amide bonds. The molecule has 2 aromatic carbocycles. The van der Waals surface area contributed by atoms with Crippen LogP contribution in [0.2, 0.25) is 0 Å². The van der Waals surface area contributed by atoms with Crippen molar-refractivity contribution in [2.24, 2.45) is 4.99 Å². The Balaban J connectivity index is 1.59. The Labute approximate surface area is 201 Å². The first-order valence-corrected chi connectivity index (χ1v) is 11.6. The number of thiazole rings is 1. The molecule has 4 rings (SSSR count). The van der Waals surface area contributed by atoms with Crippen molar-refractivity contribution in [2.45, 2.75) is 27.4 Å². The van der Waals surface area contributed by atoms with Gasteiger partial charge in [-0.1, -0.05) is 18.2 Å². The van der Waals surface area contributed by atoms with Crippen molar-refractivity contribution in [1.82, 2.24) is 10.3 Å². The molecule has 0 radical (unpaired) electrons. The van der Waals surface area contributed by atoms with Crippen LogP contribution in [0, 0.1) is 6.92 Å². The number of fused-ring (bicyclic) bond motifs is 1. The molecule has 0 aliphatic carbocycles. The van der Waals surface area contributed by atoms with Gasteiger partial charge in [0.1, 0.15) is 23.8 Å². The van der Waals surface area contributed by atoms with Gasteiger partial charge in [0.25, 0.3) is 5.91 Å². The summed E-state index contributed by atoms with van der Waals surface area (Å²) in [4.78, 5) is 34.8. The number of nitrogens with zero attached hydrogens (tertiary/aromatic N) is 2. The van der Waals surface area contributed by atoms with E-state index in [1.807, 2.05) is 30.5 Å². The third-order valence-electron chi connectivity index (χ3n) is 4.93. The van der Waals surface area contributed by atoms with Gasteiger partial charge in [-0.05, 0) is 51.1 Å². The highest BCUT2D eigenvalue weighted by Crippen LogP contribution is 2.30. The van der Waals surface area contributed by atoms with E-state index in [2.05, 4.69) is 20.6 Å². The molecule has 0 unspecified atom stereocenters. The van der Waals surface area contributed by atoms with Gasteiger partial charge < -0.3 is 20.1 Å². The number of aliphatic imine (C=N–C) groups is 1. The average molecular weight is 477 g/mol. The fourth-order valence-electron chi connectivity index (χ4n) is 3.38. The number of nitrogens with one attached hydrogen (secondary N) is 2. The van der Waals surface area contributed by atoms with E-state index in [-0.39, 0.29) is 18.0 Å². The van der Waals surface area contributed by atoms with Gasteiger partial charge in [-0.15, -0.1) is 11.3 Å². The minimum absolute atomic E-state index is 0.114. The van der Waals surface area contributed by atoms with Crippen molar-refractivity contribution in [3.05, 3.63) is 81.4 Å². The number of amides is 1. The quantitative estimate of drug-likeness (QED) is 0.498. The zero-order valence-electron chi connectivity index (χ0n) is 19.0. The van der Waals surface area contributed by atoms with Gasteiger partial charge in [0.05, 0.1) is 28.7 Å². The number of ether oxygens (including phenoxy) is 2. The number of anilines is 1. The molecule has 174 valence electrons. The number of carbonyl (C=O) groups excluding carboxylic acids is 2. The predicted octanol–water partition coefficient (Wildman–Crippen LogP) is 4.75. The molecule has 0 saturated heterocycles. The molecule has 0 fully saturated rings. The first kappa shape index (κ1) is 23.2. The highest BCUT2D eigenvalue weighted by atomic mass is 32.1. The Morgan fingerprint density at radius 2 is 1.94 bits per heavy atom. The number of benzene rings is 2. The summed E-state index contributed by atoms with van der Waals surface area (Å²) in [5.74, 6) is -0.356. The molecule has 34 heavy (non-hydrogen) atoms. The van der Waals surface area contributed by atoms with E-state index in [9.17, 15) is 9.59 Å². The van der Waals surface area contributed by atoms with Gasteiger partial charge in [0, 0.05) is 16.6 Å². The van der Waals surface area contributed by atoms with Crippen LogP contribution in [0.15, 0.2) is 70.2 Å². The van der Waals surface area contributed by atoms with Crippen molar-refractivity contribution >= 4 is 40.4 Å². The molecule has 0 spiro atoms. The number of allylic oxidation sites excluding steroid dienone is 1. The Bertz CT molecular complexity index is 1300. The van der Waals surface area contributed by atoms with Crippen LogP contribution >= 0.6 is 11.3 Å². The van der Waals surface area contributed by atoms with Crippen LogP contribution in [0.5, 0.6) is 5.75 Å². The van der Waals surface area contributed by atoms with E-state index in [4.69, 9.17) is 9.47 Å². The standard InChI is InChI=1S/C25H24N4O4S/c1-4-32-25(31)22-15(2)26-20-10-5-6-11-21(20)28-23(22)29-24(30)17-8-7-9-19(12-17)33-13-18-14-34-16(3)27-18/h5-12,14,26H,4,13H2,1-3H3,(H,28,29,30).